The zero-order chi connectivity index (χ0) is 18.9. The van der Waals surface area contributed by atoms with Gasteiger partial charge in [0, 0.05) is 36.6 Å². The molecule has 0 N–H and O–H groups in total. The van der Waals surface area contributed by atoms with Crippen LogP contribution in [0.25, 0.3) is 0 Å². The molecule has 26 heavy (non-hydrogen) atoms. The monoisotopic (exact) mass is 350 g/mol. The van der Waals surface area contributed by atoms with Crippen molar-refractivity contribution in [2.24, 2.45) is 0 Å². The number of hydrogen-bond donors (Lipinski definition) is 0. The summed E-state index contributed by atoms with van der Waals surface area (Å²) in [6, 6.07) is 13.1. The third kappa shape index (κ3) is 5.18. The summed E-state index contributed by atoms with van der Waals surface area (Å²) in [5, 5.41) is 23.3. The van der Waals surface area contributed by atoms with Crippen LogP contribution in [0.2, 0.25) is 0 Å². The summed E-state index contributed by atoms with van der Waals surface area (Å²) in [4.78, 5) is 10.3. The van der Waals surface area contributed by atoms with Gasteiger partial charge in [-0.15, -0.1) is 0 Å². The Morgan fingerprint density at radius 1 is 1.12 bits per heavy atom. The van der Waals surface area contributed by atoms with Crippen molar-refractivity contribution >= 4 is 11.9 Å². The Morgan fingerprint density at radius 2 is 1.81 bits per heavy atom. The molecule has 0 radical (unpaired) electrons. The summed E-state index contributed by atoms with van der Waals surface area (Å²) < 4.78 is 0.855. The first-order valence-electron chi connectivity index (χ1n) is 8.65. The van der Waals surface area contributed by atoms with Crippen LogP contribution in [0.15, 0.2) is 48.5 Å². The summed E-state index contributed by atoms with van der Waals surface area (Å²) in [6.07, 6.45) is 4.52. The van der Waals surface area contributed by atoms with E-state index in [-0.39, 0.29) is 5.69 Å². The predicted octanol–water partition coefficient (Wildman–Crippen LogP) is 4.83. The third-order valence-corrected chi connectivity index (χ3v) is 4.07. The van der Waals surface area contributed by atoms with E-state index < -0.39 is 11.0 Å². The molecule has 0 heterocycles. The molecule has 0 fully saturated rings. The highest BCUT2D eigenvalue weighted by molar-refractivity contribution is 5.80. The molecule has 5 heteroatoms. The number of unbranched alkanes of at least 4 members (excludes halogenated alkanes) is 2. The summed E-state index contributed by atoms with van der Waals surface area (Å²) >= 11 is 0. The largest absolute Gasteiger partial charge is 0.623 e. The lowest BCUT2D eigenvalue weighted by atomic mass is 10.1. The van der Waals surface area contributed by atoms with Crippen molar-refractivity contribution in [3.8, 4) is 11.8 Å². The van der Waals surface area contributed by atoms with Crippen molar-refractivity contribution in [3.63, 3.8) is 0 Å². The Labute approximate surface area is 153 Å². The minimum absolute atomic E-state index is 0.00933. The molecule has 2 aromatic carbocycles. The maximum absolute atomic E-state index is 12.5. The van der Waals surface area contributed by atoms with Crippen molar-refractivity contribution in [1.29, 1.82) is 0 Å². The van der Waals surface area contributed by atoms with Gasteiger partial charge in [0.05, 0.1) is 10.5 Å². The van der Waals surface area contributed by atoms with Crippen molar-refractivity contribution in [3.05, 3.63) is 80.5 Å². The molecule has 134 valence electrons. The van der Waals surface area contributed by atoms with Gasteiger partial charge in [-0.3, -0.25) is 10.1 Å². The number of benzene rings is 2. The molecule has 2 aromatic rings. The van der Waals surface area contributed by atoms with E-state index in [4.69, 9.17) is 0 Å². The Bertz CT molecular complexity index is 846. The minimum Gasteiger partial charge on any atom is -0.623 e. The van der Waals surface area contributed by atoms with E-state index >= 15 is 0 Å². The Kier molecular flexibility index (Phi) is 6.92. The van der Waals surface area contributed by atoms with Crippen molar-refractivity contribution < 1.29 is 9.66 Å². The molecule has 0 unspecified atom stereocenters. The van der Waals surface area contributed by atoms with Crippen LogP contribution < -0.4 is 0 Å². The quantitative estimate of drug-likeness (QED) is 0.143. The predicted molar refractivity (Wildman–Crippen MR) is 103 cm³/mol. The van der Waals surface area contributed by atoms with E-state index in [0.717, 1.165) is 35.1 Å². The van der Waals surface area contributed by atoms with Crippen LogP contribution >= 0.6 is 0 Å². The van der Waals surface area contributed by atoms with Crippen molar-refractivity contribution in [2.75, 3.05) is 0 Å². The van der Waals surface area contributed by atoms with Gasteiger partial charge in [-0.05, 0) is 30.7 Å². The van der Waals surface area contributed by atoms with Crippen molar-refractivity contribution in [1.82, 2.24) is 0 Å². The first-order valence-corrected chi connectivity index (χ1v) is 8.65. The van der Waals surface area contributed by atoms with Gasteiger partial charge in [0.25, 0.3) is 5.69 Å². The molecule has 0 bridgehead atoms. The highest BCUT2D eigenvalue weighted by Gasteiger charge is 2.15. The van der Waals surface area contributed by atoms with Crippen LogP contribution in [0.1, 0.15) is 55.8 Å². The lowest BCUT2D eigenvalue weighted by Gasteiger charge is -2.13. The van der Waals surface area contributed by atoms with Crippen LogP contribution in [0.5, 0.6) is 0 Å². The second kappa shape index (κ2) is 9.38. The Hall–Kier alpha value is -3.13. The van der Waals surface area contributed by atoms with E-state index in [2.05, 4.69) is 18.8 Å². The first-order chi connectivity index (χ1) is 12.5. The fraction of sp³-hybridized carbons (Fsp3) is 0.286. The van der Waals surface area contributed by atoms with Crippen LogP contribution in [0.3, 0.4) is 0 Å². The second-order valence-corrected chi connectivity index (χ2v) is 6.01. The number of hydrogen-bond acceptors (Lipinski definition) is 3. The van der Waals surface area contributed by atoms with Gasteiger partial charge >= 0.3 is 0 Å². The average Bonchev–Trinajstić information content (AvgIpc) is 2.66. The summed E-state index contributed by atoms with van der Waals surface area (Å²) in [5.74, 6) is 6.27. The maximum atomic E-state index is 12.5. The average molecular weight is 350 g/mol. The zero-order valence-electron chi connectivity index (χ0n) is 15.0. The van der Waals surface area contributed by atoms with Crippen LogP contribution in [0, 0.1) is 27.2 Å². The molecule has 0 saturated heterocycles. The summed E-state index contributed by atoms with van der Waals surface area (Å²) in [6.45, 7) is 3.89. The summed E-state index contributed by atoms with van der Waals surface area (Å²) in [7, 11) is 0. The van der Waals surface area contributed by atoms with E-state index in [1.54, 1.807) is 19.1 Å². The molecule has 0 saturated carbocycles. The fourth-order valence-corrected chi connectivity index (χ4v) is 2.42. The van der Waals surface area contributed by atoms with E-state index in [1.807, 2.05) is 24.3 Å². The number of nitrogens with zero attached hydrogens (tertiary/aromatic N) is 2. The van der Waals surface area contributed by atoms with Gasteiger partial charge < -0.3 is 5.21 Å². The second-order valence-electron chi connectivity index (χ2n) is 6.01. The van der Waals surface area contributed by atoms with Crippen molar-refractivity contribution in [2.45, 2.75) is 39.2 Å². The SMILES string of the molecule is CCCCC#Cc1ccccc1/C=[N+](\[O-])[C@@H](C)c1ccc([N+](=O)[O-])cc1. The molecule has 1 atom stereocenters. The van der Waals surface area contributed by atoms with E-state index in [0.29, 0.717) is 5.56 Å². The Morgan fingerprint density at radius 3 is 2.46 bits per heavy atom. The first kappa shape index (κ1) is 19.2. The summed E-state index contributed by atoms with van der Waals surface area (Å²) in [5.41, 5.74) is 2.31. The van der Waals surface area contributed by atoms with Crippen LogP contribution in [-0.2, 0) is 0 Å². The standard InChI is InChI=1S/C21H22N2O3/c1-3-4-5-6-9-19-10-7-8-11-20(19)16-22(24)17(2)18-12-14-21(15-13-18)23(25)26/h7-8,10-17H,3-5H2,1-2H3/b22-16-/t17-/m0/s1. The molecule has 0 aliphatic rings. The van der Waals surface area contributed by atoms with E-state index in [1.165, 1.54) is 18.3 Å². The van der Waals surface area contributed by atoms with Gasteiger partial charge in [0.15, 0.2) is 12.3 Å². The number of non-ortho nitro benzene ring substituents is 1. The molecule has 0 amide bonds. The van der Waals surface area contributed by atoms with Gasteiger partial charge in [-0.25, -0.2) is 4.74 Å². The molecule has 5 nitrogen and oxygen atoms in total. The molecular weight excluding hydrogens is 328 g/mol. The van der Waals surface area contributed by atoms with Gasteiger partial charge in [0.1, 0.15) is 0 Å². The fourth-order valence-electron chi connectivity index (χ4n) is 2.42. The molecule has 0 aliphatic heterocycles. The number of nitro groups is 1. The minimum atomic E-state index is -0.461. The highest BCUT2D eigenvalue weighted by Crippen LogP contribution is 2.20. The Balaban J connectivity index is 2.22. The molecule has 0 aliphatic carbocycles. The molecular formula is C21H22N2O3. The topological polar surface area (TPSA) is 69.2 Å². The maximum Gasteiger partial charge on any atom is 0.269 e. The van der Waals surface area contributed by atoms with E-state index in [9.17, 15) is 15.3 Å². The van der Waals surface area contributed by atoms with Crippen LogP contribution in [0.4, 0.5) is 5.69 Å². The van der Waals surface area contributed by atoms with Gasteiger partial charge in [-0.1, -0.05) is 37.3 Å². The third-order valence-electron chi connectivity index (χ3n) is 4.07. The number of nitro benzene ring substituents is 1. The van der Waals surface area contributed by atoms with Crippen LogP contribution in [-0.4, -0.2) is 15.9 Å². The number of rotatable bonds is 6. The number of hydroxylamine groups is 1. The highest BCUT2D eigenvalue weighted by atomic mass is 16.6. The van der Waals surface area contributed by atoms with Gasteiger partial charge in [0.2, 0.25) is 0 Å². The molecule has 0 spiro atoms. The molecule has 0 aromatic heterocycles. The smallest absolute Gasteiger partial charge is 0.269 e. The van der Waals surface area contributed by atoms with Gasteiger partial charge in [-0.2, -0.15) is 0 Å². The lowest BCUT2D eigenvalue weighted by molar-refractivity contribution is -0.498. The molecule has 2 rings (SSSR count). The normalized spacial score (nSPS) is 12.2. The zero-order valence-corrected chi connectivity index (χ0v) is 15.0. The lowest BCUT2D eigenvalue weighted by Crippen LogP contribution is -2.12.